The molecule has 108 valence electrons. The smallest absolute Gasteiger partial charge is 0.0766 e. The molecule has 0 bridgehead atoms. The molecule has 20 heavy (non-hydrogen) atoms. The predicted octanol–water partition coefficient (Wildman–Crippen LogP) is 3.03. The quantitative estimate of drug-likeness (QED) is 0.881. The Morgan fingerprint density at radius 1 is 1.35 bits per heavy atom. The van der Waals surface area contributed by atoms with Gasteiger partial charge >= 0.3 is 0 Å². The summed E-state index contributed by atoms with van der Waals surface area (Å²) in [6.07, 6.45) is 3.65. The van der Waals surface area contributed by atoms with E-state index in [0.717, 1.165) is 35.2 Å². The number of pyridine rings is 1. The van der Waals surface area contributed by atoms with Gasteiger partial charge in [0.15, 0.2) is 0 Å². The van der Waals surface area contributed by atoms with E-state index >= 15 is 0 Å². The van der Waals surface area contributed by atoms with E-state index in [4.69, 9.17) is 0 Å². The predicted molar refractivity (Wildman–Crippen MR) is 84.6 cm³/mol. The second-order valence-corrected chi connectivity index (χ2v) is 5.55. The Bertz CT molecular complexity index is 551. The standard InChI is InChI=1S/C15H21BrN4/c1-4-11-15(16)14(20(3)19-11)10-13(17-5-2)12-8-6-7-9-18-12/h6-9,13,17H,4-5,10H2,1-3H3. The van der Waals surface area contributed by atoms with Crippen LogP contribution in [0, 0.1) is 0 Å². The summed E-state index contributed by atoms with van der Waals surface area (Å²) in [5, 5.41) is 8.06. The van der Waals surface area contributed by atoms with Crippen molar-refractivity contribution in [3.05, 3.63) is 46.0 Å². The van der Waals surface area contributed by atoms with Gasteiger partial charge in [-0.25, -0.2) is 0 Å². The first-order valence-corrected chi connectivity index (χ1v) is 7.81. The highest BCUT2D eigenvalue weighted by Gasteiger charge is 2.19. The van der Waals surface area contributed by atoms with Crippen LogP contribution in [0.15, 0.2) is 28.9 Å². The number of aryl methyl sites for hydroxylation is 2. The zero-order valence-electron chi connectivity index (χ0n) is 12.2. The van der Waals surface area contributed by atoms with Gasteiger partial charge < -0.3 is 5.32 Å². The van der Waals surface area contributed by atoms with Crippen molar-refractivity contribution in [2.75, 3.05) is 6.54 Å². The summed E-state index contributed by atoms with van der Waals surface area (Å²) in [7, 11) is 2.00. The van der Waals surface area contributed by atoms with E-state index in [1.54, 1.807) is 0 Å². The number of likely N-dealkylation sites (N-methyl/N-ethyl adjacent to an activating group) is 1. The van der Waals surface area contributed by atoms with Gasteiger partial charge in [0.1, 0.15) is 0 Å². The maximum atomic E-state index is 4.56. The van der Waals surface area contributed by atoms with Crippen LogP contribution in [0.25, 0.3) is 0 Å². The van der Waals surface area contributed by atoms with Gasteiger partial charge in [0.2, 0.25) is 0 Å². The molecule has 1 N–H and O–H groups in total. The summed E-state index contributed by atoms with van der Waals surface area (Å²) >= 11 is 3.68. The molecule has 0 saturated heterocycles. The second kappa shape index (κ2) is 6.99. The molecule has 0 spiro atoms. The Labute approximate surface area is 128 Å². The Morgan fingerprint density at radius 3 is 2.70 bits per heavy atom. The summed E-state index contributed by atoms with van der Waals surface area (Å²) in [6, 6.07) is 6.25. The van der Waals surface area contributed by atoms with Crippen molar-refractivity contribution in [1.29, 1.82) is 0 Å². The third-order valence-electron chi connectivity index (χ3n) is 3.40. The maximum absolute atomic E-state index is 4.56. The first-order chi connectivity index (χ1) is 9.67. The molecule has 1 unspecified atom stereocenters. The van der Waals surface area contributed by atoms with Gasteiger partial charge in [-0.05, 0) is 41.0 Å². The summed E-state index contributed by atoms with van der Waals surface area (Å²) < 4.78 is 3.09. The second-order valence-electron chi connectivity index (χ2n) is 4.75. The molecular formula is C15H21BrN4. The minimum Gasteiger partial charge on any atom is -0.309 e. The highest BCUT2D eigenvalue weighted by molar-refractivity contribution is 9.10. The molecule has 0 aromatic carbocycles. The molecular weight excluding hydrogens is 316 g/mol. The van der Waals surface area contributed by atoms with Crippen molar-refractivity contribution in [1.82, 2.24) is 20.1 Å². The molecule has 2 aromatic rings. The van der Waals surface area contributed by atoms with Gasteiger partial charge in [-0.2, -0.15) is 5.10 Å². The zero-order chi connectivity index (χ0) is 14.5. The largest absolute Gasteiger partial charge is 0.309 e. The molecule has 0 radical (unpaired) electrons. The normalized spacial score (nSPS) is 12.6. The fourth-order valence-electron chi connectivity index (χ4n) is 2.34. The van der Waals surface area contributed by atoms with Crippen LogP contribution in [0.3, 0.4) is 0 Å². The molecule has 4 nitrogen and oxygen atoms in total. The van der Waals surface area contributed by atoms with Crippen LogP contribution in [0.2, 0.25) is 0 Å². The monoisotopic (exact) mass is 336 g/mol. The Hall–Kier alpha value is -1.20. The van der Waals surface area contributed by atoms with Gasteiger partial charge in [-0.15, -0.1) is 0 Å². The van der Waals surface area contributed by atoms with Crippen molar-refractivity contribution in [2.24, 2.45) is 7.05 Å². The van der Waals surface area contributed by atoms with Crippen LogP contribution in [0.5, 0.6) is 0 Å². The molecule has 0 aliphatic rings. The van der Waals surface area contributed by atoms with Crippen LogP contribution in [0.4, 0.5) is 0 Å². The fraction of sp³-hybridized carbons (Fsp3) is 0.467. The van der Waals surface area contributed by atoms with Crippen molar-refractivity contribution in [3.63, 3.8) is 0 Å². The van der Waals surface area contributed by atoms with Crippen molar-refractivity contribution in [2.45, 2.75) is 32.7 Å². The van der Waals surface area contributed by atoms with Crippen LogP contribution in [-0.4, -0.2) is 21.3 Å². The summed E-state index contributed by atoms with van der Waals surface area (Å²) in [6.45, 7) is 5.15. The van der Waals surface area contributed by atoms with Gasteiger partial charge in [0.25, 0.3) is 0 Å². The van der Waals surface area contributed by atoms with Crippen LogP contribution >= 0.6 is 15.9 Å². The summed E-state index contributed by atoms with van der Waals surface area (Å²) in [5.41, 5.74) is 3.39. The van der Waals surface area contributed by atoms with Crippen LogP contribution < -0.4 is 5.32 Å². The molecule has 0 aliphatic carbocycles. The lowest BCUT2D eigenvalue weighted by atomic mass is 10.1. The minimum atomic E-state index is 0.206. The number of nitrogens with zero attached hydrogens (tertiary/aromatic N) is 3. The maximum Gasteiger partial charge on any atom is 0.0766 e. The molecule has 1 atom stereocenters. The molecule has 2 rings (SSSR count). The molecule has 0 fully saturated rings. The number of rotatable bonds is 6. The average molecular weight is 337 g/mol. The first-order valence-electron chi connectivity index (χ1n) is 7.01. The Kier molecular flexibility index (Phi) is 5.31. The third kappa shape index (κ3) is 3.27. The highest BCUT2D eigenvalue weighted by Crippen LogP contribution is 2.26. The van der Waals surface area contributed by atoms with E-state index in [9.17, 15) is 0 Å². The van der Waals surface area contributed by atoms with E-state index in [1.807, 2.05) is 30.1 Å². The van der Waals surface area contributed by atoms with Crippen LogP contribution in [0.1, 0.15) is 37.0 Å². The molecule has 0 saturated carbocycles. The lowest BCUT2D eigenvalue weighted by Crippen LogP contribution is -2.24. The highest BCUT2D eigenvalue weighted by atomic mass is 79.9. The molecule has 2 heterocycles. The number of aromatic nitrogens is 3. The van der Waals surface area contributed by atoms with E-state index in [0.29, 0.717) is 0 Å². The van der Waals surface area contributed by atoms with Gasteiger partial charge in [0, 0.05) is 19.7 Å². The SMILES string of the molecule is CCNC(Cc1c(Br)c(CC)nn1C)c1ccccn1. The molecule has 0 aliphatic heterocycles. The molecule has 2 aromatic heterocycles. The number of hydrogen-bond donors (Lipinski definition) is 1. The lowest BCUT2D eigenvalue weighted by molar-refractivity contribution is 0.516. The Balaban J connectivity index is 2.27. The van der Waals surface area contributed by atoms with E-state index in [2.05, 4.69) is 51.2 Å². The van der Waals surface area contributed by atoms with Crippen LogP contribution in [-0.2, 0) is 19.9 Å². The number of hydrogen-bond acceptors (Lipinski definition) is 3. The summed E-state index contributed by atoms with van der Waals surface area (Å²) in [5.74, 6) is 0. The molecule has 5 heteroatoms. The third-order valence-corrected chi connectivity index (χ3v) is 4.31. The van der Waals surface area contributed by atoms with Gasteiger partial charge in [-0.3, -0.25) is 9.67 Å². The Morgan fingerprint density at radius 2 is 2.15 bits per heavy atom. The number of halogens is 1. The van der Waals surface area contributed by atoms with Crippen molar-refractivity contribution in [3.8, 4) is 0 Å². The summed E-state index contributed by atoms with van der Waals surface area (Å²) in [4.78, 5) is 4.47. The van der Waals surface area contributed by atoms with Crippen molar-refractivity contribution >= 4 is 15.9 Å². The number of nitrogens with one attached hydrogen (secondary N) is 1. The van der Waals surface area contributed by atoms with E-state index < -0.39 is 0 Å². The zero-order valence-corrected chi connectivity index (χ0v) is 13.8. The van der Waals surface area contributed by atoms with Crippen molar-refractivity contribution < 1.29 is 0 Å². The average Bonchev–Trinajstić information content (AvgIpc) is 2.75. The lowest BCUT2D eigenvalue weighted by Gasteiger charge is -2.17. The van der Waals surface area contributed by atoms with E-state index in [1.165, 1.54) is 5.69 Å². The minimum absolute atomic E-state index is 0.206. The van der Waals surface area contributed by atoms with Gasteiger partial charge in [-0.1, -0.05) is 19.9 Å². The fourth-order valence-corrected chi connectivity index (χ4v) is 3.12. The molecule has 0 amide bonds. The first kappa shape index (κ1) is 15.2. The topological polar surface area (TPSA) is 42.7 Å². The van der Waals surface area contributed by atoms with Gasteiger partial charge in [0.05, 0.1) is 27.6 Å². The van der Waals surface area contributed by atoms with E-state index in [-0.39, 0.29) is 6.04 Å².